The fourth-order valence-corrected chi connectivity index (χ4v) is 5.75. The average molecular weight is 539 g/mol. The SMILES string of the molecule is O=S(=O)(c1ccc(OC(F)(F)F)cc1)N1CCc2c(-c3cccc(O)c3)nc([N+]3([O-])CCOCC3)nc21. The van der Waals surface area contributed by atoms with Crippen molar-refractivity contribution in [2.45, 2.75) is 17.7 Å². The topological polar surface area (TPSA) is 125 Å². The summed E-state index contributed by atoms with van der Waals surface area (Å²) < 4.78 is 73.8. The van der Waals surface area contributed by atoms with E-state index < -0.39 is 26.8 Å². The molecule has 14 heteroatoms. The van der Waals surface area contributed by atoms with Gasteiger partial charge in [-0.3, -0.25) is 4.65 Å². The molecule has 2 aromatic carbocycles. The third kappa shape index (κ3) is 4.92. The summed E-state index contributed by atoms with van der Waals surface area (Å²) in [6.07, 6.45) is -4.70. The lowest BCUT2D eigenvalue weighted by Crippen LogP contribution is -2.52. The number of quaternary nitrogens is 1. The molecule has 1 aromatic heterocycles. The molecule has 2 aliphatic heterocycles. The summed E-state index contributed by atoms with van der Waals surface area (Å²) in [7, 11) is -4.26. The summed E-state index contributed by atoms with van der Waals surface area (Å²) in [5.74, 6) is -0.725. The molecule has 0 amide bonds. The zero-order chi connectivity index (χ0) is 26.4. The van der Waals surface area contributed by atoms with Crippen molar-refractivity contribution in [3.8, 4) is 22.8 Å². The summed E-state index contributed by atoms with van der Waals surface area (Å²) in [6, 6.07) is 10.0. The highest BCUT2D eigenvalue weighted by molar-refractivity contribution is 7.92. The van der Waals surface area contributed by atoms with Gasteiger partial charge in [0.2, 0.25) is 0 Å². The maximum absolute atomic E-state index is 13.6. The van der Waals surface area contributed by atoms with E-state index in [2.05, 4.69) is 14.7 Å². The van der Waals surface area contributed by atoms with Crippen LogP contribution in [0.15, 0.2) is 53.4 Å². The Kier molecular flexibility index (Phi) is 6.22. The second-order valence-electron chi connectivity index (χ2n) is 8.52. The number of phenolic OH excluding ortho intramolecular Hbond substituents is 1. The molecule has 0 spiro atoms. The van der Waals surface area contributed by atoms with E-state index in [1.165, 1.54) is 12.1 Å². The number of nitrogens with zero attached hydrogens (tertiary/aromatic N) is 4. The highest BCUT2D eigenvalue weighted by Crippen LogP contribution is 2.40. The first-order chi connectivity index (χ1) is 17.5. The van der Waals surface area contributed by atoms with E-state index in [9.17, 15) is 31.9 Å². The van der Waals surface area contributed by atoms with Crippen LogP contribution in [-0.2, 0) is 21.2 Å². The number of halogens is 3. The van der Waals surface area contributed by atoms with Crippen molar-refractivity contribution >= 4 is 21.8 Å². The quantitative estimate of drug-likeness (QED) is 0.388. The minimum Gasteiger partial charge on any atom is -0.625 e. The van der Waals surface area contributed by atoms with Gasteiger partial charge in [0.1, 0.15) is 24.6 Å². The van der Waals surface area contributed by atoms with Gasteiger partial charge in [-0.05, 0) is 42.8 Å². The third-order valence-electron chi connectivity index (χ3n) is 6.10. The number of hydroxylamine groups is 2. The molecule has 1 N–H and O–H groups in total. The molecular weight excluding hydrogens is 517 g/mol. The molecule has 1 saturated heterocycles. The third-order valence-corrected chi connectivity index (χ3v) is 7.90. The molecule has 3 aromatic rings. The summed E-state index contributed by atoms with van der Waals surface area (Å²) in [5.41, 5.74) is 1.27. The van der Waals surface area contributed by atoms with Crippen molar-refractivity contribution in [3.63, 3.8) is 0 Å². The summed E-state index contributed by atoms with van der Waals surface area (Å²) in [4.78, 5) is 8.65. The Hall–Kier alpha value is -3.46. The van der Waals surface area contributed by atoms with Gasteiger partial charge >= 0.3 is 12.3 Å². The van der Waals surface area contributed by atoms with Gasteiger partial charge < -0.3 is 19.8 Å². The van der Waals surface area contributed by atoms with Gasteiger partial charge in [0.05, 0.1) is 23.8 Å². The minimum atomic E-state index is -4.92. The Balaban J connectivity index is 1.60. The van der Waals surface area contributed by atoms with Gasteiger partial charge in [0.25, 0.3) is 10.0 Å². The Morgan fingerprint density at radius 1 is 1.08 bits per heavy atom. The first-order valence-corrected chi connectivity index (χ1v) is 12.7. The first kappa shape index (κ1) is 25.2. The maximum atomic E-state index is 13.6. The molecule has 37 heavy (non-hydrogen) atoms. The number of anilines is 1. The molecule has 2 aliphatic rings. The highest BCUT2D eigenvalue weighted by atomic mass is 32.2. The molecule has 0 radical (unpaired) electrons. The van der Waals surface area contributed by atoms with Crippen LogP contribution < -0.4 is 13.7 Å². The van der Waals surface area contributed by atoms with Crippen LogP contribution in [0.3, 0.4) is 0 Å². The lowest BCUT2D eigenvalue weighted by atomic mass is 10.1. The second kappa shape index (κ2) is 9.13. The van der Waals surface area contributed by atoms with Crippen LogP contribution in [0.1, 0.15) is 5.56 Å². The van der Waals surface area contributed by atoms with Crippen LogP contribution in [0.2, 0.25) is 0 Å². The van der Waals surface area contributed by atoms with Crippen molar-refractivity contribution in [2.75, 3.05) is 37.2 Å². The van der Waals surface area contributed by atoms with Crippen LogP contribution in [0.4, 0.5) is 24.9 Å². The number of benzene rings is 2. The summed E-state index contributed by atoms with van der Waals surface area (Å²) in [5, 5.41) is 23.6. The number of sulfonamides is 1. The predicted octanol–water partition coefficient (Wildman–Crippen LogP) is 3.33. The number of hydrogen-bond acceptors (Lipinski definition) is 8. The van der Waals surface area contributed by atoms with Gasteiger partial charge in [-0.25, -0.2) is 12.7 Å². The van der Waals surface area contributed by atoms with E-state index in [-0.39, 0.29) is 61.7 Å². The number of hydrogen-bond donors (Lipinski definition) is 1. The van der Waals surface area contributed by atoms with Crippen molar-refractivity contribution in [1.29, 1.82) is 0 Å². The molecule has 1 fully saturated rings. The summed E-state index contributed by atoms with van der Waals surface area (Å²) >= 11 is 0. The normalized spacial score (nSPS) is 17.5. The Morgan fingerprint density at radius 3 is 2.43 bits per heavy atom. The van der Waals surface area contributed by atoms with Crippen molar-refractivity contribution in [2.24, 2.45) is 0 Å². The number of aromatic hydroxyl groups is 1. The minimum absolute atomic E-state index is 0.0128. The van der Waals surface area contributed by atoms with Crippen molar-refractivity contribution in [1.82, 2.24) is 14.6 Å². The number of aromatic nitrogens is 2. The number of ether oxygens (including phenoxy) is 2. The molecule has 0 atom stereocenters. The van der Waals surface area contributed by atoms with Gasteiger partial charge in [-0.1, -0.05) is 12.1 Å². The average Bonchev–Trinajstić information content (AvgIpc) is 3.28. The Labute approximate surface area is 209 Å². The lowest BCUT2D eigenvalue weighted by molar-refractivity contribution is -0.274. The molecule has 196 valence electrons. The van der Waals surface area contributed by atoms with Gasteiger partial charge in [-0.2, -0.15) is 9.97 Å². The van der Waals surface area contributed by atoms with Crippen LogP contribution >= 0.6 is 0 Å². The Morgan fingerprint density at radius 2 is 1.78 bits per heavy atom. The number of morpholine rings is 1. The van der Waals surface area contributed by atoms with Crippen LogP contribution in [-0.4, -0.2) is 62.7 Å². The monoisotopic (exact) mass is 538 g/mol. The molecule has 10 nitrogen and oxygen atoms in total. The van der Waals surface area contributed by atoms with Crippen molar-refractivity contribution in [3.05, 3.63) is 59.3 Å². The van der Waals surface area contributed by atoms with E-state index >= 15 is 0 Å². The summed E-state index contributed by atoms with van der Waals surface area (Å²) in [6.45, 7) is 0.404. The second-order valence-corrected chi connectivity index (χ2v) is 10.4. The van der Waals surface area contributed by atoms with Gasteiger partial charge in [0.15, 0.2) is 5.82 Å². The van der Waals surface area contributed by atoms with E-state index in [0.717, 1.165) is 28.6 Å². The standard InChI is InChI=1S/C23H21F3N4O6S/c24-23(25,26)36-17-4-6-18(7-5-17)37(33,34)29-9-8-19-20(15-2-1-3-16(31)14-15)27-22(28-21(19)29)30(32)10-12-35-13-11-30/h1-7,14,31H,8-13H2. The molecule has 5 rings (SSSR count). The fraction of sp³-hybridized carbons (Fsp3) is 0.304. The largest absolute Gasteiger partial charge is 0.625 e. The first-order valence-electron chi connectivity index (χ1n) is 11.2. The van der Waals surface area contributed by atoms with Crippen LogP contribution in [0.5, 0.6) is 11.5 Å². The van der Waals surface area contributed by atoms with Crippen molar-refractivity contribution < 1.29 is 36.2 Å². The zero-order valence-corrected chi connectivity index (χ0v) is 20.0. The predicted molar refractivity (Wildman–Crippen MR) is 126 cm³/mol. The molecule has 0 saturated carbocycles. The van der Waals surface area contributed by atoms with Gasteiger partial charge in [-0.15, -0.1) is 13.2 Å². The molecular formula is C23H21F3N4O6S. The van der Waals surface area contributed by atoms with E-state index in [1.54, 1.807) is 12.1 Å². The zero-order valence-electron chi connectivity index (χ0n) is 19.2. The smallest absolute Gasteiger partial charge is 0.573 e. The number of rotatable bonds is 5. The fourth-order valence-electron chi connectivity index (χ4n) is 4.30. The number of fused-ring (bicyclic) bond motifs is 1. The number of phenols is 1. The maximum Gasteiger partial charge on any atom is 0.573 e. The van der Waals surface area contributed by atoms with Crippen LogP contribution in [0, 0.1) is 5.21 Å². The molecule has 3 heterocycles. The van der Waals surface area contributed by atoms with E-state index in [0.29, 0.717) is 16.8 Å². The van der Waals surface area contributed by atoms with E-state index in [4.69, 9.17) is 4.74 Å². The van der Waals surface area contributed by atoms with E-state index in [1.807, 2.05) is 0 Å². The number of alkyl halides is 3. The molecule has 0 unspecified atom stereocenters. The highest BCUT2D eigenvalue weighted by Gasteiger charge is 2.38. The lowest BCUT2D eigenvalue weighted by Gasteiger charge is -2.42. The van der Waals surface area contributed by atoms with Crippen LogP contribution in [0.25, 0.3) is 11.3 Å². The Bertz CT molecular complexity index is 1430. The van der Waals surface area contributed by atoms with Gasteiger partial charge in [0, 0.05) is 17.7 Å². The molecule has 0 bridgehead atoms. The molecule has 0 aliphatic carbocycles.